The number of ether oxygens (including phenoxy) is 1. The number of hydrogen-bond acceptors (Lipinski definition) is 6. The SMILES string of the molecule is COc1ncc(N2C(=O)C(C)(C)C3CC=C(c4cnc(C)nc4)C=C32)cn1. The molecule has 1 fully saturated rings. The average Bonchev–Trinajstić information content (AvgIpc) is 2.88. The Hall–Kier alpha value is -3.09. The summed E-state index contributed by atoms with van der Waals surface area (Å²) in [6.45, 7) is 5.84. The second-order valence-corrected chi connectivity index (χ2v) is 7.33. The fourth-order valence-electron chi connectivity index (χ4n) is 3.66. The predicted octanol–water partition coefficient (Wildman–Crippen LogP) is 2.94. The van der Waals surface area contributed by atoms with Gasteiger partial charge in [0.15, 0.2) is 0 Å². The Bertz CT molecular complexity index is 945. The molecule has 138 valence electrons. The first-order valence-corrected chi connectivity index (χ1v) is 8.83. The smallest absolute Gasteiger partial charge is 0.316 e. The molecule has 0 radical (unpaired) electrons. The van der Waals surface area contributed by atoms with E-state index in [0.29, 0.717) is 5.69 Å². The van der Waals surface area contributed by atoms with Gasteiger partial charge in [0.2, 0.25) is 5.91 Å². The van der Waals surface area contributed by atoms with Gasteiger partial charge in [0, 0.05) is 29.6 Å². The van der Waals surface area contributed by atoms with Gasteiger partial charge in [-0.1, -0.05) is 19.9 Å². The number of nitrogens with zero attached hydrogens (tertiary/aromatic N) is 5. The highest BCUT2D eigenvalue weighted by Gasteiger charge is 2.51. The maximum absolute atomic E-state index is 13.2. The number of carbonyl (C=O) groups is 1. The third-order valence-electron chi connectivity index (χ3n) is 5.29. The summed E-state index contributed by atoms with van der Waals surface area (Å²) in [7, 11) is 1.51. The molecule has 27 heavy (non-hydrogen) atoms. The summed E-state index contributed by atoms with van der Waals surface area (Å²) in [5.41, 5.74) is 3.05. The molecule has 1 atom stereocenters. The Kier molecular flexibility index (Phi) is 4.02. The van der Waals surface area contributed by atoms with Crippen LogP contribution in [0.25, 0.3) is 5.57 Å². The second-order valence-electron chi connectivity index (χ2n) is 7.33. The van der Waals surface area contributed by atoms with Gasteiger partial charge in [0.1, 0.15) is 5.82 Å². The monoisotopic (exact) mass is 363 g/mol. The summed E-state index contributed by atoms with van der Waals surface area (Å²) in [5.74, 6) is 0.874. The third kappa shape index (κ3) is 2.79. The Morgan fingerprint density at radius 2 is 1.78 bits per heavy atom. The van der Waals surface area contributed by atoms with Crippen molar-refractivity contribution in [2.24, 2.45) is 11.3 Å². The first-order chi connectivity index (χ1) is 12.9. The Morgan fingerprint density at radius 3 is 2.41 bits per heavy atom. The van der Waals surface area contributed by atoms with Crippen LogP contribution in [-0.2, 0) is 4.79 Å². The molecular weight excluding hydrogens is 342 g/mol. The van der Waals surface area contributed by atoms with Crippen LogP contribution in [0.1, 0.15) is 31.7 Å². The highest BCUT2D eigenvalue weighted by atomic mass is 16.5. The van der Waals surface area contributed by atoms with Crippen molar-refractivity contribution >= 4 is 17.2 Å². The van der Waals surface area contributed by atoms with E-state index in [-0.39, 0.29) is 17.8 Å². The molecule has 3 heterocycles. The lowest BCUT2D eigenvalue weighted by Gasteiger charge is -2.26. The maximum Gasteiger partial charge on any atom is 0.316 e. The number of aryl methyl sites for hydroxylation is 1. The van der Waals surface area contributed by atoms with Crippen molar-refractivity contribution in [3.8, 4) is 6.01 Å². The topological polar surface area (TPSA) is 81.1 Å². The van der Waals surface area contributed by atoms with Gasteiger partial charge in [-0.2, -0.15) is 0 Å². The van der Waals surface area contributed by atoms with Gasteiger partial charge >= 0.3 is 6.01 Å². The van der Waals surface area contributed by atoms with E-state index in [9.17, 15) is 4.79 Å². The number of fused-ring (bicyclic) bond motifs is 1. The van der Waals surface area contributed by atoms with Crippen LogP contribution in [0.3, 0.4) is 0 Å². The minimum absolute atomic E-state index is 0.0438. The highest BCUT2D eigenvalue weighted by Crippen LogP contribution is 2.50. The van der Waals surface area contributed by atoms with Crippen molar-refractivity contribution in [1.82, 2.24) is 19.9 Å². The Labute approximate surface area is 157 Å². The molecule has 0 bridgehead atoms. The standard InChI is InChI=1S/C20H21N5O2/c1-12-21-8-14(9-22-12)13-5-6-16-17(7-13)25(18(26)20(16,2)3)15-10-23-19(27-4)24-11-15/h5,7-11,16H,6H2,1-4H3. The number of aromatic nitrogens is 4. The Balaban J connectivity index is 1.77. The summed E-state index contributed by atoms with van der Waals surface area (Å²) in [6.07, 6.45) is 11.9. The molecule has 1 amide bonds. The number of allylic oxidation sites excluding steroid dienone is 4. The van der Waals surface area contributed by atoms with E-state index < -0.39 is 5.41 Å². The molecule has 7 heteroatoms. The van der Waals surface area contributed by atoms with Gasteiger partial charge in [0.05, 0.1) is 30.6 Å². The molecule has 7 nitrogen and oxygen atoms in total. The largest absolute Gasteiger partial charge is 0.467 e. The van der Waals surface area contributed by atoms with E-state index in [1.54, 1.807) is 17.3 Å². The number of methoxy groups -OCH3 is 1. The van der Waals surface area contributed by atoms with Crippen LogP contribution in [0.4, 0.5) is 5.69 Å². The summed E-state index contributed by atoms with van der Waals surface area (Å²) >= 11 is 0. The molecular formula is C20H21N5O2. The number of hydrogen-bond donors (Lipinski definition) is 0. The molecule has 0 spiro atoms. The predicted molar refractivity (Wildman–Crippen MR) is 101 cm³/mol. The fraction of sp³-hybridized carbons (Fsp3) is 0.350. The molecule has 0 aromatic carbocycles. The Morgan fingerprint density at radius 1 is 1.11 bits per heavy atom. The summed E-state index contributed by atoms with van der Waals surface area (Å²) < 4.78 is 5.03. The molecule has 1 saturated heterocycles. The first-order valence-electron chi connectivity index (χ1n) is 8.83. The quantitative estimate of drug-likeness (QED) is 0.834. The van der Waals surface area contributed by atoms with E-state index in [1.807, 2.05) is 33.2 Å². The average molecular weight is 363 g/mol. The first kappa shape index (κ1) is 17.3. The fourth-order valence-corrected chi connectivity index (χ4v) is 3.66. The number of amides is 1. The van der Waals surface area contributed by atoms with E-state index in [0.717, 1.165) is 29.1 Å². The summed E-state index contributed by atoms with van der Waals surface area (Å²) in [4.78, 5) is 31.8. The lowest BCUT2D eigenvalue weighted by Crippen LogP contribution is -2.31. The van der Waals surface area contributed by atoms with Crippen LogP contribution in [-0.4, -0.2) is 33.0 Å². The number of carbonyl (C=O) groups excluding carboxylic acids is 1. The van der Waals surface area contributed by atoms with Crippen LogP contribution in [0.2, 0.25) is 0 Å². The number of anilines is 1. The van der Waals surface area contributed by atoms with Crippen molar-refractivity contribution in [3.05, 3.63) is 54.0 Å². The zero-order chi connectivity index (χ0) is 19.2. The molecule has 0 saturated carbocycles. The van der Waals surface area contributed by atoms with E-state index in [1.165, 1.54) is 7.11 Å². The van der Waals surface area contributed by atoms with E-state index in [4.69, 9.17) is 4.74 Å². The van der Waals surface area contributed by atoms with Crippen molar-refractivity contribution in [3.63, 3.8) is 0 Å². The molecule has 1 unspecified atom stereocenters. The van der Waals surface area contributed by atoms with Crippen LogP contribution in [0.5, 0.6) is 6.01 Å². The molecule has 2 aromatic rings. The lowest BCUT2D eigenvalue weighted by molar-refractivity contribution is -0.125. The molecule has 1 aliphatic carbocycles. The molecule has 0 N–H and O–H groups in total. The molecule has 2 aromatic heterocycles. The van der Waals surface area contributed by atoms with E-state index in [2.05, 4.69) is 32.1 Å². The van der Waals surface area contributed by atoms with Crippen LogP contribution >= 0.6 is 0 Å². The third-order valence-corrected chi connectivity index (χ3v) is 5.29. The normalized spacial score (nSPS) is 20.8. The number of rotatable bonds is 3. The van der Waals surface area contributed by atoms with Crippen molar-refractivity contribution in [1.29, 1.82) is 0 Å². The van der Waals surface area contributed by atoms with Crippen molar-refractivity contribution in [2.75, 3.05) is 12.0 Å². The van der Waals surface area contributed by atoms with Gasteiger partial charge < -0.3 is 4.74 Å². The van der Waals surface area contributed by atoms with Crippen LogP contribution < -0.4 is 9.64 Å². The second kappa shape index (κ2) is 6.26. The summed E-state index contributed by atoms with van der Waals surface area (Å²) in [5, 5.41) is 0. The highest BCUT2D eigenvalue weighted by molar-refractivity contribution is 6.04. The van der Waals surface area contributed by atoms with Crippen molar-refractivity contribution in [2.45, 2.75) is 27.2 Å². The van der Waals surface area contributed by atoms with Crippen molar-refractivity contribution < 1.29 is 9.53 Å². The van der Waals surface area contributed by atoms with Gasteiger partial charge in [-0.05, 0) is 25.0 Å². The van der Waals surface area contributed by atoms with Gasteiger partial charge in [-0.15, -0.1) is 0 Å². The van der Waals surface area contributed by atoms with E-state index >= 15 is 0 Å². The summed E-state index contributed by atoms with van der Waals surface area (Å²) in [6, 6.07) is 0.274. The van der Waals surface area contributed by atoms with Gasteiger partial charge in [-0.3, -0.25) is 9.69 Å². The molecule has 4 rings (SSSR count). The zero-order valence-electron chi connectivity index (χ0n) is 15.8. The maximum atomic E-state index is 13.2. The van der Waals surface area contributed by atoms with Gasteiger partial charge in [-0.25, -0.2) is 19.9 Å². The lowest BCUT2D eigenvalue weighted by atomic mass is 9.75. The van der Waals surface area contributed by atoms with Crippen LogP contribution in [0.15, 0.2) is 42.6 Å². The van der Waals surface area contributed by atoms with Crippen LogP contribution in [0, 0.1) is 18.3 Å². The van der Waals surface area contributed by atoms with Gasteiger partial charge in [0.25, 0.3) is 0 Å². The minimum atomic E-state index is -0.502. The molecule has 1 aliphatic heterocycles. The zero-order valence-corrected chi connectivity index (χ0v) is 15.8. The molecule has 2 aliphatic rings. The minimum Gasteiger partial charge on any atom is -0.467 e.